The van der Waals surface area contributed by atoms with Gasteiger partial charge in [-0.05, 0) is 52.8 Å². The highest BCUT2D eigenvalue weighted by atomic mass is 16.3. The monoisotopic (exact) mass is 294 g/mol. The lowest BCUT2D eigenvalue weighted by atomic mass is 10.1. The van der Waals surface area contributed by atoms with Crippen LogP contribution in [0, 0.1) is 0 Å². The molecule has 0 atom stereocenters. The Bertz CT molecular complexity index is 371. The number of nitrogens with zero attached hydrogens (tertiary/aromatic N) is 1. The third kappa shape index (κ3) is 7.68. The normalized spacial score (nSPS) is 12.3. The molecule has 0 aliphatic heterocycles. The van der Waals surface area contributed by atoms with Crippen molar-refractivity contribution in [1.29, 1.82) is 0 Å². The summed E-state index contributed by atoms with van der Waals surface area (Å²) in [5.41, 5.74) is 1.43. The molecule has 1 aromatic heterocycles. The average Bonchev–Trinajstić information content (AvgIpc) is 2.86. The molecule has 0 spiro atoms. The maximum atomic E-state index is 5.74. The lowest BCUT2D eigenvalue weighted by Crippen LogP contribution is -2.35. The predicted octanol–water partition coefficient (Wildman–Crippen LogP) is 4.57. The Morgan fingerprint density at radius 3 is 2.24 bits per heavy atom. The molecular formula is C18H34N2O. The molecule has 0 saturated heterocycles. The summed E-state index contributed by atoms with van der Waals surface area (Å²) in [7, 11) is 0. The van der Waals surface area contributed by atoms with E-state index in [9.17, 15) is 0 Å². The van der Waals surface area contributed by atoms with E-state index >= 15 is 0 Å². The van der Waals surface area contributed by atoms with E-state index in [1.165, 1.54) is 44.3 Å². The van der Waals surface area contributed by atoms with E-state index < -0.39 is 0 Å². The second-order valence-corrected chi connectivity index (χ2v) is 6.96. The van der Waals surface area contributed by atoms with Gasteiger partial charge >= 0.3 is 0 Å². The first-order valence-electron chi connectivity index (χ1n) is 8.49. The Morgan fingerprint density at radius 1 is 1.10 bits per heavy atom. The van der Waals surface area contributed by atoms with Crippen molar-refractivity contribution < 1.29 is 4.42 Å². The Hall–Kier alpha value is -0.800. The number of unbranched alkanes of at least 4 members (excludes halogenated alkanes) is 2. The van der Waals surface area contributed by atoms with Crippen molar-refractivity contribution in [2.45, 2.75) is 78.9 Å². The quantitative estimate of drug-likeness (QED) is 0.685. The van der Waals surface area contributed by atoms with Gasteiger partial charge in [-0.2, -0.15) is 0 Å². The van der Waals surface area contributed by atoms with Crippen LogP contribution in [0.4, 0.5) is 0 Å². The summed E-state index contributed by atoms with van der Waals surface area (Å²) in [5.74, 6) is 1.12. The molecule has 21 heavy (non-hydrogen) atoms. The number of hydrogen-bond acceptors (Lipinski definition) is 3. The molecule has 0 bridgehead atoms. The minimum absolute atomic E-state index is 0.138. The van der Waals surface area contributed by atoms with E-state index in [4.69, 9.17) is 4.42 Å². The smallest absolute Gasteiger partial charge is 0.122 e. The SMILES string of the molecule is CCCCN(CCCC)Cc1occc1CNC(C)(C)C. The van der Waals surface area contributed by atoms with E-state index in [1.54, 1.807) is 0 Å². The molecule has 0 fully saturated rings. The van der Waals surface area contributed by atoms with Crippen LogP contribution in [0.25, 0.3) is 0 Å². The summed E-state index contributed by atoms with van der Waals surface area (Å²) in [6.07, 6.45) is 6.85. The molecule has 0 aromatic carbocycles. The topological polar surface area (TPSA) is 28.4 Å². The van der Waals surface area contributed by atoms with Crippen molar-refractivity contribution in [3.05, 3.63) is 23.7 Å². The molecule has 0 saturated carbocycles. The zero-order chi connectivity index (χ0) is 15.7. The van der Waals surface area contributed by atoms with E-state index in [-0.39, 0.29) is 5.54 Å². The molecule has 0 unspecified atom stereocenters. The molecule has 3 heteroatoms. The van der Waals surface area contributed by atoms with Gasteiger partial charge in [-0.3, -0.25) is 4.90 Å². The predicted molar refractivity (Wildman–Crippen MR) is 90.4 cm³/mol. The van der Waals surface area contributed by atoms with Crippen molar-refractivity contribution in [2.24, 2.45) is 0 Å². The fourth-order valence-corrected chi connectivity index (χ4v) is 2.26. The van der Waals surface area contributed by atoms with Gasteiger partial charge in [0.05, 0.1) is 12.8 Å². The van der Waals surface area contributed by atoms with E-state index in [2.05, 4.69) is 50.9 Å². The Balaban J connectivity index is 2.59. The molecular weight excluding hydrogens is 260 g/mol. The van der Waals surface area contributed by atoms with Gasteiger partial charge < -0.3 is 9.73 Å². The zero-order valence-corrected chi connectivity index (χ0v) is 14.7. The highest BCUT2D eigenvalue weighted by Gasteiger charge is 2.14. The number of rotatable bonds is 10. The van der Waals surface area contributed by atoms with Gasteiger partial charge in [-0.15, -0.1) is 0 Å². The largest absolute Gasteiger partial charge is 0.468 e. The van der Waals surface area contributed by atoms with Crippen molar-refractivity contribution in [3.63, 3.8) is 0 Å². The van der Waals surface area contributed by atoms with Gasteiger partial charge in [0, 0.05) is 17.6 Å². The van der Waals surface area contributed by atoms with E-state index in [0.717, 1.165) is 18.8 Å². The fraction of sp³-hybridized carbons (Fsp3) is 0.778. The number of furan rings is 1. The second-order valence-electron chi connectivity index (χ2n) is 6.96. The standard InChI is InChI=1S/C18H34N2O/c1-6-8-11-20(12-9-7-2)15-17-16(10-13-21-17)14-19-18(3,4)5/h10,13,19H,6-9,11-12,14-15H2,1-5H3. The summed E-state index contributed by atoms with van der Waals surface area (Å²) in [6, 6.07) is 2.10. The summed E-state index contributed by atoms with van der Waals surface area (Å²) in [5, 5.41) is 3.55. The second kappa shape index (κ2) is 9.26. The van der Waals surface area contributed by atoms with Crippen LogP contribution in [0.2, 0.25) is 0 Å². The van der Waals surface area contributed by atoms with Crippen LogP contribution in [0.1, 0.15) is 71.6 Å². The van der Waals surface area contributed by atoms with Crippen LogP contribution < -0.4 is 5.32 Å². The number of hydrogen-bond donors (Lipinski definition) is 1. The molecule has 122 valence electrons. The number of nitrogens with one attached hydrogen (secondary N) is 1. The highest BCUT2D eigenvalue weighted by Crippen LogP contribution is 2.15. The Morgan fingerprint density at radius 2 is 1.71 bits per heavy atom. The molecule has 0 aliphatic carbocycles. The van der Waals surface area contributed by atoms with Gasteiger partial charge in [0.2, 0.25) is 0 Å². The first kappa shape index (κ1) is 18.2. The molecule has 1 heterocycles. The van der Waals surface area contributed by atoms with Crippen LogP contribution in [0.15, 0.2) is 16.7 Å². The molecule has 0 amide bonds. The zero-order valence-electron chi connectivity index (χ0n) is 14.7. The molecule has 0 radical (unpaired) electrons. The van der Waals surface area contributed by atoms with Gasteiger partial charge in [0.1, 0.15) is 5.76 Å². The average molecular weight is 294 g/mol. The minimum Gasteiger partial charge on any atom is -0.468 e. The lowest BCUT2D eigenvalue weighted by Gasteiger charge is -2.23. The van der Waals surface area contributed by atoms with Gasteiger partial charge in [-0.1, -0.05) is 26.7 Å². The van der Waals surface area contributed by atoms with Gasteiger partial charge in [0.25, 0.3) is 0 Å². The van der Waals surface area contributed by atoms with Crippen LogP contribution in [0.3, 0.4) is 0 Å². The molecule has 1 N–H and O–H groups in total. The molecule has 0 aliphatic rings. The van der Waals surface area contributed by atoms with Crippen LogP contribution in [-0.4, -0.2) is 23.5 Å². The Labute approximate surface area is 131 Å². The van der Waals surface area contributed by atoms with Crippen molar-refractivity contribution in [2.75, 3.05) is 13.1 Å². The maximum absolute atomic E-state index is 5.74. The summed E-state index contributed by atoms with van der Waals surface area (Å²) in [4.78, 5) is 2.53. The molecule has 1 rings (SSSR count). The summed E-state index contributed by atoms with van der Waals surface area (Å²) in [6.45, 7) is 15.3. The van der Waals surface area contributed by atoms with Crippen molar-refractivity contribution in [3.8, 4) is 0 Å². The third-order valence-corrected chi connectivity index (χ3v) is 3.67. The van der Waals surface area contributed by atoms with Gasteiger partial charge in [0.15, 0.2) is 0 Å². The highest BCUT2D eigenvalue weighted by molar-refractivity contribution is 5.17. The van der Waals surface area contributed by atoms with Crippen LogP contribution >= 0.6 is 0 Å². The Kier molecular flexibility index (Phi) is 8.05. The van der Waals surface area contributed by atoms with Gasteiger partial charge in [-0.25, -0.2) is 0 Å². The first-order chi connectivity index (χ1) is 9.96. The van der Waals surface area contributed by atoms with Crippen molar-refractivity contribution in [1.82, 2.24) is 10.2 Å². The maximum Gasteiger partial charge on any atom is 0.122 e. The van der Waals surface area contributed by atoms with E-state index in [0.29, 0.717) is 0 Å². The van der Waals surface area contributed by atoms with Crippen molar-refractivity contribution >= 4 is 0 Å². The van der Waals surface area contributed by atoms with E-state index in [1.807, 2.05) is 6.26 Å². The summed E-state index contributed by atoms with van der Waals surface area (Å²) >= 11 is 0. The lowest BCUT2D eigenvalue weighted by molar-refractivity contribution is 0.235. The molecule has 1 aromatic rings. The fourth-order valence-electron chi connectivity index (χ4n) is 2.26. The van der Waals surface area contributed by atoms with Crippen LogP contribution in [0.5, 0.6) is 0 Å². The summed E-state index contributed by atoms with van der Waals surface area (Å²) < 4.78 is 5.74. The third-order valence-electron chi connectivity index (χ3n) is 3.67. The molecule has 3 nitrogen and oxygen atoms in total. The minimum atomic E-state index is 0.138. The first-order valence-corrected chi connectivity index (χ1v) is 8.49. The van der Waals surface area contributed by atoms with Crippen LogP contribution in [-0.2, 0) is 13.1 Å².